The lowest BCUT2D eigenvalue weighted by atomic mass is 9.99. The fourth-order valence-corrected chi connectivity index (χ4v) is 4.81. The third-order valence-electron chi connectivity index (χ3n) is 6.25. The second-order valence-electron chi connectivity index (χ2n) is 9.18. The largest absolute Gasteiger partial charge is 0.481 e. The van der Waals surface area contributed by atoms with Gasteiger partial charge in [-0.05, 0) is 25.7 Å². The molecule has 1 unspecified atom stereocenters. The third-order valence-corrected chi connectivity index (χ3v) is 6.25. The molecule has 172 valence electrons. The van der Waals surface area contributed by atoms with E-state index < -0.39 is 11.9 Å². The summed E-state index contributed by atoms with van der Waals surface area (Å²) in [5, 5.41) is 9.48. The molecule has 4 rings (SSSR count). The van der Waals surface area contributed by atoms with Crippen LogP contribution < -0.4 is 37.6 Å². The van der Waals surface area contributed by atoms with Gasteiger partial charge in [-0.2, -0.15) is 15.0 Å². The van der Waals surface area contributed by atoms with Crippen LogP contribution in [0.5, 0.6) is 0 Å². The number of nitrogens with zero attached hydrogens (tertiary/aromatic N) is 6. The Morgan fingerprint density at radius 3 is 1.58 bits per heavy atom. The van der Waals surface area contributed by atoms with Gasteiger partial charge in [0.2, 0.25) is 17.8 Å². The number of nitrogens with two attached hydrogens (primary N) is 4. The molecule has 0 spiro atoms. The van der Waals surface area contributed by atoms with Crippen LogP contribution in [-0.2, 0) is 4.79 Å². The summed E-state index contributed by atoms with van der Waals surface area (Å²) in [6.45, 7) is 3.49. The highest BCUT2D eigenvalue weighted by molar-refractivity contribution is 5.71. The Labute approximate surface area is 182 Å². The van der Waals surface area contributed by atoms with Crippen LogP contribution in [0.4, 0.5) is 17.8 Å². The molecule has 4 heterocycles. The van der Waals surface area contributed by atoms with E-state index in [0.717, 1.165) is 19.3 Å². The fraction of sp³-hybridized carbons (Fsp3) is 0.789. The molecule has 12 nitrogen and oxygen atoms in total. The van der Waals surface area contributed by atoms with Crippen LogP contribution >= 0.6 is 0 Å². The van der Waals surface area contributed by atoms with E-state index in [9.17, 15) is 9.90 Å². The van der Waals surface area contributed by atoms with E-state index in [2.05, 4.69) is 0 Å². The number of hydrogen-bond acceptors (Lipinski definition) is 11. The number of hydrogen-bond donors (Lipinski definition) is 5. The zero-order valence-corrected chi connectivity index (χ0v) is 17.8. The Morgan fingerprint density at radius 2 is 1.16 bits per heavy atom. The highest BCUT2D eigenvalue weighted by Crippen LogP contribution is 2.26. The maximum atomic E-state index is 11.6. The van der Waals surface area contributed by atoms with E-state index in [1.807, 2.05) is 14.7 Å². The molecule has 0 amide bonds. The van der Waals surface area contributed by atoms with Crippen molar-refractivity contribution in [2.75, 3.05) is 54.0 Å². The third kappa shape index (κ3) is 5.14. The molecule has 5 atom stereocenters. The fourth-order valence-electron chi connectivity index (χ4n) is 4.81. The van der Waals surface area contributed by atoms with Crippen molar-refractivity contribution in [3.63, 3.8) is 0 Å². The van der Waals surface area contributed by atoms with Gasteiger partial charge in [0.15, 0.2) is 0 Å². The highest BCUT2D eigenvalue weighted by Gasteiger charge is 2.31. The molecule has 31 heavy (non-hydrogen) atoms. The van der Waals surface area contributed by atoms with Crippen LogP contribution in [-0.4, -0.2) is 89.5 Å². The molecule has 3 saturated heterocycles. The number of carboxylic acid groups (broad SMARTS) is 1. The monoisotopic (exact) mass is 434 g/mol. The molecule has 0 saturated carbocycles. The summed E-state index contributed by atoms with van der Waals surface area (Å²) in [6, 6.07) is -0.238. The number of anilines is 3. The lowest BCUT2D eigenvalue weighted by Gasteiger charge is -2.38. The van der Waals surface area contributed by atoms with Gasteiger partial charge in [0.1, 0.15) is 0 Å². The molecule has 9 N–H and O–H groups in total. The second-order valence-corrected chi connectivity index (χ2v) is 9.18. The maximum absolute atomic E-state index is 11.6. The van der Waals surface area contributed by atoms with Gasteiger partial charge in [-0.1, -0.05) is 0 Å². The Bertz CT molecular complexity index is 731. The smallest absolute Gasteiger partial charge is 0.308 e. The molecule has 3 aliphatic heterocycles. The maximum Gasteiger partial charge on any atom is 0.308 e. The van der Waals surface area contributed by atoms with E-state index in [0.29, 0.717) is 63.5 Å². The molecule has 3 aliphatic rings. The first-order valence-corrected chi connectivity index (χ1v) is 11.0. The minimum Gasteiger partial charge on any atom is -0.481 e. The van der Waals surface area contributed by atoms with Crippen molar-refractivity contribution in [2.24, 2.45) is 28.9 Å². The second kappa shape index (κ2) is 9.07. The zero-order valence-electron chi connectivity index (χ0n) is 17.8. The molecule has 1 aromatic heterocycles. The molecular formula is C19H34N10O2. The number of rotatable bonds is 4. The quantitative estimate of drug-likeness (QED) is 0.347. The van der Waals surface area contributed by atoms with Crippen LogP contribution in [0, 0.1) is 5.92 Å². The van der Waals surface area contributed by atoms with Crippen LogP contribution in [0.3, 0.4) is 0 Å². The summed E-state index contributed by atoms with van der Waals surface area (Å²) in [7, 11) is 0. The minimum atomic E-state index is -0.792. The Hall–Kier alpha value is -2.28. The summed E-state index contributed by atoms with van der Waals surface area (Å²) in [5.74, 6) is 0.268. The first-order chi connectivity index (χ1) is 14.8. The molecule has 1 aromatic rings. The topological polar surface area (TPSA) is 190 Å². The van der Waals surface area contributed by atoms with Crippen molar-refractivity contribution in [3.05, 3.63) is 0 Å². The van der Waals surface area contributed by atoms with Crippen molar-refractivity contribution in [2.45, 2.75) is 49.9 Å². The standard InChI is InChI=1S/C19H34N10O2/c20-12-4-13(21)8-28(7-12)18-24-17(27-3-1-2-11(6-27)16(30)31)25-19(26-18)29-9-14(22)5-15(23)10-29/h11-15H,1-10,20-23H2,(H,30,31)/t11?,12-,13+,14-,15+. The van der Waals surface area contributed by atoms with Crippen LogP contribution in [0.1, 0.15) is 25.7 Å². The normalized spacial score (nSPS) is 32.3. The van der Waals surface area contributed by atoms with Crippen molar-refractivity contribution >= 4 is 23.8 Å². The van der Waals surface area contributed by atoms with E-state index >= 15 is 0 Å². The first-order valence-electron chi connectivity index (χ1n) is 11.0. The SMILES string of the molecule is N[C@@H]1C[C@H](N)CN(c2nc(N3CCCC(C(=O)O)C3)nc(N3C[C@H](N)C[C@H](N)C3)n2)C1. The van der Waals surface area contributed by atoms with Crippen LogP contribution in [0.15, 0.2) is 0 Å². The average molecular weight is 435 g/mol. The van der Waals surface area contributed by atoms with Crippen molar-refractivity contribution in [3.8, 4) is 0 Å². The predicted octanol–water partition coefficient (Wildman–Crippen LogP) is -2.10. The molecule has 0 bridgehead atoms. The van der Waals surface area contributed by atoms with Crippen molar-refractivity contribution < 1.29 is 9.90 Å². The lowest BCUT2D eigenvalue weighted by molar-refractivity contribution is -0.141. The average Bonchev–Trinajstić information content (AvgIpc) is 2.72. The summed E-state index contributed by atoms with van der Waals surface area (Å²) in [6.07, 6.45) is 2.93. The van der Waals surface area contributed by atoms with Gasteiger partial charge in [-0.15, -0.1) is 0 Å². The van der Waals surface area contributed by atoms with Crippen LogP contribution in [0.2, 0.25) is 0 Å². The van der Waals surface area contributed by atoms with Gasteiger partial charge in [-0.25, -0.2) is 0 Å². The number of carbonyl (C=O) groups is 1. The number of piperidine rings is 3. The summed E-state index contributed by atoms with van der Waals surface area (Å²) < 4.78 is 0. The number of aliphatic carboxylic acids is 1. The van der Waals surface area contributed by atoms with Crippen LogP contribution in [0.25, 0.3) is 0 Å². The lowest BCUT2D eigenvalue weighted by Crippen LogP contribution is -2.54. The molecule has 3 fully saturated rings. The van der Waals surface area contributed by atoms with E-state index in [1.165, 1.54) is 0 Å². The summed E-state index contributed by atoms with van der Waals surface area (Å²) >= 11 is 0. The summed E-state index contributed by atoms with van der Waals surface area (Å²) in [5.41, 5.74) is 24.8. The number of carboxylic acids is 1. The Balaban J connectivity index is 1.67. The first kappa shape index (κ1) is 21.9. The molecular weight excluding hydrogens is 400 g/mol. The van der Waals surface area contributed by atoms with E-state index in [-0.39, 0.29) is 24.2 Å². The predicted molar refractivity (Wildman–Crippen MR) is 118 cm³/mol. The summed E-state index contributed by atoms with van der Waals surface area (Å²) in [4.78, 5) is 31.6. The number of aromatic nitrogens is 3. The Kier molecular flexibility index (Phi) is 6.42. The molecule has 0 aromatic carbocycles. The zero-order chi connectivity index (χ0) is 22.1. The van der Waals surface area contributed by atoms with E-state index in [4.69, 9.17) is 37.9 Å². The van der Waals surface area contributed by atoms with Gasteiger partial charge in [0.05, 0.1) is 5.92 Å². The van der Waals surface area contributed by atoms with E-state index in [1.54, 1.807) is 0 Å². The molecule has 0 aliphatic carbocycles. The van der Waals surface area contributed by atoms with Gasteiger partial charge in [-0.3, -0.25) is 4.79 Å². The molecule has 12 heteroatoms. The van der Waals surface area contributed by atoms with Gasteiger partial charge in [0.25, 0.3) is 0 Å². The minimum absolute atomic E-state index is 0.0596. The van der Waals surface area contributed by atoms with Gasteiger partial charge < -0.3 is 42.7 Å². The van der Waals surface area contributed by atoms with Gasteiger partial charge >= 0.3 is 5.97 Å². The Morgan fingerprint density at radius 1 is 0.742 bits per heavy atom. The molecule has 0 radical (unpaired) electrons. The van der Waals surface area contributed by atoms with Crippen molar-refractivity contribution in [1.29, 1.82) is 0 Å². The highest BCUT2D eigenvalue weighted by atomic mass is 16.4. The van der Waals surface area contributed by atoms with Crippen molar-refractivity contribution in [1.82, 2.24) is 15.0 Å². The van der Waals surface area contributed by atoms with Gasteiger partial charge in [0, 0.05) is 63.4 Å².